The lowest BCUT2D eigenvalue weighted by Crippen LogP contribution is -2.44. The second-order valence-electron chi connectivity index (χ2n) is 9.39. The number of nitrogens with one attached hydrogen (secondary N) is 4. The number of hydrogen-bond donors (Lipinski definition) is 4. The molecule has 0 saturated carbocycles. The van der Waals surface area contributed by atoms with Crippen molar-refractivity contribution >= 4 is 38.8 Å². The summed E-state index contributed by atoms with van der Waals surface area (Å²) in [5, 5.41) is 7.96. The molecular weight excluding hydrogens is 497 g/mol. The summed E-state index contributed by atoms with van der Waals surface area (Å²) in [6.45, 7) is 2.99. The molecule has 15 heteroatoms. The number of piperidine rings is 1. The molecule has 3 aromatic heterocycles. The summed E-state index contributed by atoms with van der Waals surface area (Å²) in [6, 6.07) is 1.91. The van der Waals surface area contributed by atoms with Gasteiger partial charge in [-0.2, -0.15) is 23.3 Å². The van der Waals surface area contributed by atoms with Gasteiger partial charge < -0.3 is 15.2 Å². The number of aromatic amines is 2. The molecule has 0 unspecified atom stereocenters. The van der Waals surface area contributed by atoms with Gasteiger partial charge >= 0.3 is 6.18 Å². The number of aromatic nitrogens is 5. The van der Waals surface area contributed by atoms with Crippen molar-refractivity contribution < 1.29 is 22.8 Å². The molecule has 1 saturated heterocycles. The summed E-state index contributed by atoms with van der Waals surface area (Å²) in [6.07, 6.45) is 1.50. The van der Waals surface area contributed by atoms with Gasteiger partial charge in [-0.1, -0.05) is 0 Å². The van der Waals surface area contributed by atoms with Gasteiger partial charge in [-0.05, 0) is 31.7 Å². The van der Waals surface area contributed by atoms with Crippen molar-refractivity contribution in [3.05, 3.63) is 40.6 Å². The minimum Gasteiger partial charge on any atom is -0.379 e. The molecule has 4 heterocycles. The fraction of sp³-hybridized carbons (Fsp3) is 0.476. The van der Waals surface area contributed by atoms with Crippen LogP contribution in [0.5, 0.6) is 0 Å². The lowest BCUT2D eigenvalue weighted by Gasteiger charge is -2.31. The molecule has 1 aliphatic heterocycles. The predicted molar refractivity (Wildman–Crippen MR) is 129 cm³/mol. The van der Waals surface area contributed by atoms with Gasteiger partial charge in [0.05, 0.1) is 18.5 Å². The number of alkyl halides is 3. The van der Waals surface area contributed by atoms with Crippen molar-refractivity contribution in [2.75, 3.05) is 29.9 Å². The van der Waals surface area contributed by atoms with E-state index in [1.807, 2.05) is 12.3 Å². The fourth-order valence-electron chi connectivity index (χ4n) is 4.10. The maximum Gasteiger partial charge on any atom is 0.423 e. The first-order valence-corrected chi connectivity index (χ1v) is 12.4. The molecule has 1 amide bonds. The SMILES string of the molecule is C[C@]([SiH3])(CONC(=O)CC1CCN(c2ncc3cc[nH]c3n2)CC1)Nc1cn[nH]c(=O)c1C(F)(F)F. The second-order valence-corrected chi connectivity index (χ2v) is 11.6. The third kappa shape index (κ3) is 6.20. The average Bonchev–Trinajstić information content (AvgIpc) is 3.26. The van der Waals surface area contributed by atoms with E-state index < -0.39 is 28.1 Å². The number of H-pyrrole nitrogens is 2. The first-order valence-electron chi connectivity index (χ1n) is 11.4. The van der Waals surface area contributed by atoms with E-state index in [4.69, 9.17) is 4.84 Å². The maximum atomic E-state index is 13.3. The number of fused-ring (bicyclic) bond motifs is 1. The molecular formula is C21H27F3N8O3Si. The molecule has 1 atom stereocenters. The molecule has 11 nitrogen and oxygen atoms in total. The molecule has 4 N–H and O–H groups in total. The van der Waals surface area contributed by atoms with Crippen molar-refractivity contribution in [2.45, 2.75) is 37.5 Å². The van der Waals surface area contributed by atoms with Gasteiger partial charge in [-0.15, -0.1) is 0 Å². The first-order chi connectivity index (χ1) is 17.0. The number of hydroxylamine groups is 1. The molecule has 194 valence electrons. The Balaban J connectivity index is 1.22. The number of anilines is 2. The molecule has 1 fully saturated rings. The van der Waals surface area contributed by atoms with Crippen molar-refractivity contribution in [1.29, 1.82) is 0 Å². The van der Waals surface area contributed by atoms with Crippen LogP contribution in [0.25, 0.3) is 11.0 Å². The van der Waals surface area contributed by atoms with Crippen LogP contribution in [0.2, 0.25) is 0 Å². The van der Waals surface area contributed by atoms with Crippen LogP contribution in [0.4, 0.5) is 24.8 Å². The maximum absolute atomic E-state index is 13.3. The largest absolute Gasteiger partial charge is 0.423 e. The predicted octanol–water partition coefficient (Wildman–Crippen LogP) is 0.908. The summed E-state index contributed by atoms with van der Waals surface area (Å²) in [7, 11) is 0.352. The van der Waals surface area contributed by atoms with E-state index in [1.165, 1.54) is 0 Å². The molecule has 1 aliphatic rings. The number of carbonyl (C=O) groups excluding carboxylic acids is 1. The van der Waals surface area contributed by atoms with Crippen molar-refractivity contribution in [1.82, 2.24) is 30.6 Å². The monoisotopic (exact) mass is 524 g/mol. The van der Waals surface area contributed by atoms with Crippen LogP contribution < -0.4 is 21.3 Å². The molecule has 36 heavy (non-hydrogen) atoms. The van der Waals surface area contributed by atoms with Crippen LogP contribution >= 0.6 is 0 Å². The lowest BCUT2D eigenvalue weighted by molar-refractivity contribution is -0.138. The van der Waals surface area contributed by atoms with E-state index in [2.05, 4.69) is 35.7 Å². The summed E-state index contributed by atoms with van der Waals surface area (Å²) in [4.78, 5) is 43.4. The smallest absolute Gasteiger partial charge is 0.379 e. The van der Waals surface area contributed by atoms with Crippen molar-refractivity contribution in [2.24, 2.45) is 5.92 Å². The number of hydrogen-bond acceptors (Lipinski definition) is 8. The molecule has 3 aromatic rings. The molecule has 0 spiro atoms. The molecule has 4 rings (SSSR count). The van der Waals surface area contributed by atoms with E-state index in [0.717, 1.165) is 43.2 Å². The average molecular weight is 525 g/mol. The lowest BCUT2D eigenvalue weighted by atomic mass is 9.93. The number of halogens is 3. The van der Waals surface area contributed by atoms with Gasteiger partial charge in [0.1, 0.15) is 11.2 Å². The van der Waals surface area contributed by atoms with E-state index >= 15 is 0 Å². The minimum atomic E-state index is -4.85. The highest BCUT2D eigenvalue weighted by atomic mass is 28.1. The standard InChI is InChI=1S/C21H27F3N8O3Si/c1-20(36,29-14-10-27-30-18(34)16(14)21(22,23)24)11-35-31-15(33)8-12-3-6-32(7-4-12)19-26-9-13-2-5-25-17(13)28-19/h2,5,9-10,12H,3-4,6-8,11H2,1,36H3,(H,31,33)(H,25,26,28)(H2,29,30,34)/t20-/m0/s1. The van der Waals surface area contributed by atoms with Crippen LogP contribution in [-0.4, -0.2) is 66.2 Å². The van der Waals surface area contributed by atoms with Crippen LogP contribution in [0, 0.1) is 5.92 Å². The highest BCUT2D eigenvalue weighted by Gasteiger charge is 2.38. The zero-order valence-corrected chi connectivity index (χ0v) is 21.8. The third-order valence-electron chi connectivity index (χ3n) is 5.89. The number of carbonyl (C=O) groups is 1. The second kappa shape index (κ2) is 10.3. The molecule has 0 aromatic carbocycles. The van der Waals surface area contributed by atoms with Crippen LogP contribution in [0.1, 0.15) is 31.7 Å². The van der Waals surface area contributed by atoms with E-state index in [9.17, 15) is 22.8 Å². The minimum absolute atomic E-state index is 0.0912. The van der Waals surface area contributed by atoms with Crippen molar-refractivity contribution in [3.63, 3.8) is 0 Å². The zero-order valence-electron chi connectivity index (χ0n) is 19.8. The summed E-state index contributed by atoms with van der Waals surface area (Å²) < 4.78 is 39.8. The van der Waals surface area contributed by atoms with Gasteiger partial charge in [0.15, 0.2) is 0 Å². The number of amides is 1. The Kier molecular flexibility index (Phi) is 7.30. The Morgan fingerprint density at radius 2 is 2.06 bits per heavy atom. The third-order valence-corrected chi connectivity index (χ3v) is 6.43. The highest BCUT2D eigenvalue weighted by Crippen LogP contribution is 2.32. The van der Waals surface area contributed by atoms with Crippen LogP contribution in [-0.2, 0) is 15.8 Å². The Hall–Kier alpha value is -3.46. The molecule has 0 bridgehead atoms. The molecule has 0 radical (unpaired) electrons. The Bertz CT molecular complexity index is 1270. The first kappa shape index (κ1) is 25.6. The van der Waals surface area contributed by atoms with E-state index in [1.54, 1.807) is 18.2 Å². The topological polar surface area (TPSA) is 141 Å². The van der Waals surface area contributed by atoms with Crippen LogP contribution in [0.3, 0.4) is 0 Å². The van der Waals surface area contributed by atoms with Gasteiger partial charge in [0.25, 0.3) is 5.56 Å². The van der Waals surface area contributed by atoms with E-state index in [-0.39, 0.29) is 24.9 Å². The van der Waals surface area contributed by atoms with E-state index in [0.29, 0.717) is 16.2 Å². The Labute approximate surface area is 206 Å². The summed E-state index contributed by atoms with van der Waals surface area (Å²) in [5.41, 5.74) is 0.0395. The number of rotatable bonds is 8. The van der Waals surface area contributed by atoms with Gasteiger partial charge in [0.2, 0.25) is 11.9 Å². The van der Waals surface area contributed by atoms with Crippen molar-refractivity contribution in [3.8, 4) is 0 Å². The normalized spacial score (nSPS) is 16.7. The molecule has 0 aliphatic carbocycles. The van der Waals surface area contributed by atoms with Crippen LogP contribution in [0.15, 0.2) is 29.5 Å². The van der Waals surface area contributed by atoms with Gasteiger partial charge in [-0.25, -0.2) is 15.6 Å². The van der Waals surface area contributed by atoms with Gasteiger partial charge in [0, 0.05) is 52.7 Å². The summed E-state index contributed by atoms with van der Waals surface area (Å²) in [5.74, 6) is 0.513. The number of nitrogens with zero attached hydrogens (tertiary/aromatic N) is 4. The Morgan fingerprint density at radius 1 is 1.31 bits per heavy atom. The Morgan fingerprint density at radius 3 is 2.78 bits per heavy atom. The fourth-order valence-corrected chi connectivity index (χ4v) is 4.51. The highest BCUT2D eigenvalue weighted by molar-refractivity contribution is 6.16. The zero-order chi connectivity index (χ0) is 25.9. The summed E-state index contributed by atoms with van der Waals surface area (Å²) >= 11 is 0. The van der Waals surface area contributed by atoms with Gasteiger partial charge in [-0.3, -0.25) is 14.4 Å². The quantitative estimate of drug-likeness (QED) is 0.252.